The zero-order chi connectivity index (χ0) is 16.9. The number of anilines is 1. The third-order valence-electron chi connectivity index (χ3n) is 3.13. The summed E-state index contributed by atoms with van der Waals surface area (Å²) >= 11 is 3.31. The lowest BCUT2D eigenvalue weighted by Crippen LogP contribution is -2.38. The van der Waals surface area contributed by atoms with E-state index in [0.29, 0.717) is 11.3 Å². The highest BCUT2D eigenvalue weighted by Gasteiger charge is 2.17. The molecule has 2 aromatic carbocycles. The SMILES string of the molecule is CS(=O)(=O)N(CCNC(=O)c1cccc(Br)c1)c1ccccc1. The summed E-state index contributed by atoms with van der Waals surface area (Å²) in [5.41, 5.74) is 1.09. The van der Waals surface area contributed by atoms with Gasteiger partial charge in [-0.2, -0.15) is 0 Å². The van der Waals surface area contributed by atoms with Crippen molar-refractivity contribution in [2.24, 2.45) is 0 Å². The zero-order valence-electron chi connectivity index (χ0n) is 12.6. The molecule has 23 heavy (non-hydrogen) atoms. The molecule has 7 heteroatoms. The smallest absolute Gasteiger partial charge is 0.251 e. The molecule has 2 aromatic rings. The summed E-state index contributed by atoms with van der Waals surface area (Å²) in [6, 6.07) is 15.8. The number of nitrogens with zero attached hydrogens (tertiary/aromatic N) is 1. The highest BCUT2D eigenvalue weighted by Crippen LogP contribution is 2.16. The van der Waals surface area contributed by atoms with Crippen molar-refractivity contribution in [3.63, 3.8) is 0 Å². The molecule has 0 saturated heterocycles. The molecule has 1 amide bonds. The Bertz CT molecular complexity index is 779. The second-order valence-corrected chi connectivity index (χ2v) is 7.76. The molecular formula is C16H17BrN2O3S. The molecule has 0 heterocycles. The molecule has 0 aliphatic carbocycles. The third kappa shape index (κ3) is 5.07. The Hall–Kier alpha value is -1.86. The number of sulfonamides is 1. The number of rotatable bonds is 6. The van der Waals surface area contributed by atoms with Crippen molar-refractivity contribution in [1.29, 1.82) is 0 Å². The Balaban J connectivity index is 2.01. The summed E-state index contributed by atoms with van der Waals surface area (Å²) in [4.78, 5) is 12.1. The molecule has 122 valence electrons. The lowest BCUT2D eigenvalue weighted by Gasteiger charge is -2.22. The van der Waals surface area contributed by atoms with Crippen LogP contribution >= 0.6 is 15.9 Å². The average molecular weight is 397 g/mol. The minimum Gasteiger partial charge on any atom is -0.350 e. The maximum atomic E-state index is 12.1. The summed E-state index contributed by atoms with van der Waals surface area (Å²) < 4.78 is 25.9. The first-order valence-corrected chi connectivity index (χ1v) is 9.58. The van der Waals surface area contributed by atoms with Gasteiger partial charge >= 0.3 is 0 Å². The number of carbonyl (C=O) groups is 1. The normalized spacial score (nSPS) is 11.0. The fraction of sp³-hybridized carbons (Fsp3) is 0.188. The summed E-state index contributed by atoms with van der Waals surface area (Å²) in [6.45, 7) is 0.385. The van der Waals surface area contributed by atoms with Crippen LogP contribution in [0.2, 0.25) is 0 Å². The molecule has 0 unspecified atom stereocenters. The summed E-state index contributed by atoms with van der Waals surface area (Å²) in [5, 5.41) is 2.73. The van der Waals surface area contributed by atoms with Gasteiger partial charge in [0.15, 0.2) is 0 Å². The van der Waals surface area contributed by atoms with Gasteiger partial charge in [0.1, 0.15) is 0 Å². The summed E-state index contributed by atoms with van der Waals surface area (Å²) in [5.74, 6) is -0.243. The van der Waals surface area contributed by atoms with E-state index in [0.717, 1.165) is 10.7 Å². The Morgan fingerprint density at radius 1 is 1.13 bits per heavy atom. The van der Waals surface area contributed by atoms with E-state index in [1.54, 1.807) is 42.5 Å². The van der Waals surface area contributed by atoms with Crippen molar-refractivity contribution >= 4 is 37.5 Å². The Morgan fingerprint density at radius 3 is 2.43 bits per heavy atom. The third-order valence-corrected chi connectivity index (χ3v) is 4.82. The van der Waals surface area contributed by atoms with Crippen molar-refractivity contribution in [3.05, 3.63) is 64.6 Å². The van der Waals surface area contributed by atoms with E-state index in [-0.39, 0.29) is 19.0 Å². The number of amides is 1. The fourth-order valence-electron chi connectivity index (χ4n) is 2.08. The van der Waals surface area contributed by atoms with E-state index in [1.807, 2.05) is 12.1 Å². The number of hydrogen-bond acceptors (Lipinski definition) is 3. The van der Waals surface area contributed by atoms with Gasteiger partial charge in [0.25, 0.3) is 5.91 Å². The largest absolute Gasteiger partial charge is 0.350 e. The minimum atomic E-state index is -3.41. The second-order valence-electron chi connectivity index (χ2n) is 4.94. The first-order valence-electron chi connectivity index (χ1n) is 6.94. The molecule has 0 radical (unpaired) electrons. The van der Waals surface area contributed by atoms with Crippen molar-refractivity contribution in [1.82, 2.24) is 5.32 Å². The minimum absolute atomic E-state index is 0.169. The highest BCUT2D eigenvalue weighted by atomic mass is 79.9. The number of halogens is 1. The van der Waals surface area contributed by atoms with Gasteiger partial charge in [-0.3, -0.25) is 9.10 Å². The number of carbonyl (C=O) groups excluding carboxylic acids is 1. The van der Waals surface area contributed by atoms with Crippen molar-refractivity contribution in [2.45, 2.75) is 0 Å². The number of benzene rings is 2. The molecule has 0 aromatic heterocycles. The molecule has 5 nitrogen and oxygen atoms in total. The molecular weight excluding hydrogens is 380 g/mol. The molecule has 0 fully saturated rings. The predicted molar refractivity (Wildman–Crippen MR) is 95.1 cm³/mol. The second kappa shape index (κ2) is 7.61. The van der Waals surface area contributed by atoms with Crippen LogP contribution in [0.15, 0.2) is 59.1 Å². The Morgan fingerprint density at radius 2 is 1.83 bits per heavy atom. The molecule has 0 spiro atoms. The average Bonchev–Trinajstić information content (AvgIpc) is 2.51. The van der Waals surface area contributed by atoms with Gasteiger partial charge in [0.2, 0.25) is 10.0 Å². The molecule has 1 N–H and O–H groups in total. The first-order chi connectivity index (χ1) is 10.9. The first kappa shape index (κ1) is 17.5. The summed E-state index contributed by atoms with van der Waals surface area (Å²) in [6.07, 6.45) is 1.15. The highest BCUT2D eigenvalue weighted by molar-refractivity contribution is 9.10. The topological polar surface area (TPSA) is 66.5 Å². The quantitative estimate of drug-likeness (QED) is 0.815. The van der Waals surface area contributed by atoms with Crippen molar-refractivity contribution < 1.29 is 13.2 Å². The maximum absolute atomic E-state index is 12.1. The molecule has 0 atom stereocenters. The monoisotopic (exact) mass is 396 g/mol. The van der Waals surface area contributed by atoms with E-state index in [4.69, 9.17) is 0 Å². The Kier molecular flexibility index (Phi) is 5.79. The van der Waals surface area contributed by atoms with Gasteiger partial charge in [-0.1, -0.05) is 40.2 Å². The van der Waals surface area contributed by atoms with Crippen molar-refractivity contribution in [2.75, 3.05) is 23.7 Å². The van der Waals surface area contributed by atoms with E-state index < -0.39 is 10.0 Å². The number of para-hydroxylation sites is 1. The van der Waals surface area contributed by atoms with E-state index in [1.165, 1.54) is 4.31 Å². The van der Waals surface area contributed by atoms with Gasteiger partial charge in [-0.15, -0.1) is 0 Å². The predicted octanol–water partition coefficient (Wildman–Crippen LogP) is 2.65. The van der Waals surface area contributed by atoms with Gasteiger partial charge < -0.3 is 5.32 Å². The maximum Gasteiger partial charge on any atom is 0.251 e. The van der Waals surface area contributed by atoms with Gasteiger partial charge in [-0.25, -0.2) is 8.42 Å². The molecule has 0 aliphatic heterocycles. The zero-order valence-corrected chi connectivity index (χ0v) is 15.0. The molecule has 0 bridgehead atoms. The van der Waals surface area contributed by atoms with E-state index in [9.17, 15) is 13.2 Å². The van der Waals surface area contributed by atoms with Crippen LogP contribution in [0.5, 0.6) is 0 Å². The molecule has 0 saturated carbocycles. The molecule has 0 aliphatic rings. The molecule has 2 rings (SSSR count). The van der Waals surface area contributed by atoms with Crippen molar-refractivity contribution in [3.8, 4) is 0 Å². The number of hydrogen-bond donors (Lipinski definition) is 1. The fourth-order valence-corrected chi connectivity index (χ4v) is 3.41. The van der Waals surface area contributed by atoms with Crippen LogP contribution in [0.25, 0.3) is 0 Å². The number of nitrogens with one attached hydrogen (secondary N) is 1. The van der Waals surface area contributed by atoms with E-state index >= 15 is 0 Å². The van der Waals surface area contributed by atoms with E-state index in [2.05, 4.69) is 21.2 Å². The van der Waals surface area contributed by atoms with Crippen LogP contribution < -0.4 is 9.62 Å². The van der Waals surface area contributed by atoms with Gasteiger partial charge in [0.05, 0.1) is 18.5 Å². The van der Waals surface area contributed by atoms with Crippen LogP contribution in [-0.4, -0.2) is 33.7 Å². The van der Waals surface area contributed by atoms with Crippen LogP contribution in [0.3, 0.4) is 0 Å². The van der Waals surface area contributed by atoms with Crippen LogP contribution in [0.4, 0.5) is 5.69 Å². The van der Waals surface area contributed by atoms with Gasteiger partial charge in [-0.05, 0) is 30.3 Å². The lowest BCUT2D eigenvalue weighted by atomic mass is 10.2. The lowest BCUT2D eigenvalue weighted by molar-refractivity contribution is 0.0954. The van der Waals surface area contributed by atoms with Crippen LogP contribution in [0.1, 0.15) is 10.4 Å². The Labute approximate surface area is 144 Å². The van der Waals surface area contributed by atoms with Crippen LogP contribution in [-0.2, 0) is 10.0 Å². The van der Waals surface area contributed by atoms with Gasteiger partial charge in [0, 0.05) is 16.6 Å². The summed E-state index contributed by atoms with van der Waals surface area (Å²) in [7, 11) is -3.41. The standard InChI is InChI=1S/C16H17BrN2O3S/c1-23(21,22)19(15-8-3-2-4-9-15)11-10-18-16(20)13-6-5-7-14(17)12-13/h2-9,12H,10-11H2,1H3,(H,18,20). The van der Waals surface area contributed by atoms with Crippen LogP contribution in [0, 0.1) is 0 Å².